The zero-order chi connectivity index (χ0) is 17.7. The smallest absolute Gasteiger partial charge is 0.227 e. The van der Waals surface area contributed by atoms with E-state index in [1.165, 1.54) is 13.8 Å². The summed E-state index contributed by atoms with van der Waals surface area (Å²) in [6, 6.07) is 5.76. The zero-order valence-corrected chi connectivity index (χ0v) is 14.9. The molecule has 24 heavy (non-hydrogen) atoms. The maximum atomic E-state index is 12.2. The lowest BCUT2D eigenvalue weighted by Crippen LogP contribution is -2.36. The summed E-state index contributed by atoms with van der Waals surface area (Å²) in [6.07, 6.45) is 2.10. The van der Waals surface area contributed by atoms with Gasteiger partial charge in [0.2, 0.25) is 5.91 Å². The minimum absolute atomic E-state index is 0.0168. The number of aliphatic hydroxyl groups is 1. The summed E-state index contributed by atoms with van der Waals surface area (Å²) in [7, 11) is 0. The van der Waals surface area contributed by atoms with Gasteiger partial charge in [-0.2, -0.15) is 0 Å². The van der Waals surface area contributed by atoms with E-state index in [4.69, 9.17) is 5.11 Å². The van der Waals surface area contributed by atoms with Crippen molar-refractivity contribution in [1.82, 2.24) is 0 Å². The molecule has 0 radical (unpaired) electrons. The molecule has 130 valence electrons. The minimum Gasteiger partial charge on any atom is -0.396 e. The normalized spacial score (nSPS) is 15.1. The molecule has 6 heteroatoms. The van der Waals surface area contributed by atoms with Crippen molar-refractivity contribution < 1.29 is 19.5 Å². The van der Waals surface area contributed by atoms with Crippen LogP contribution in [0.2, 0.25) is 0 Å². The van der Waals surface area contributed by atoms with E-state index in [1.54, 1.807) is 4.90 Å². The van der Waals surface area contributed by atoms with Gasteiger partial charge in [-0.3, -0.25) is 14.4 Å². The molecule has 1 heterocycles. The van der Waals surface area contributed by atoms with Gasteiger partial charge in [-0.15, -0.1) is 0 Å². The van der Waals surface area contributed by atoms with E-state index in [0.29, 0.717) is 32.2 Å². The van der Waals surface area contributed by atoms with Crippen molar-refractivity contribution in [2.45, 2.75) is 44.8 Å². The molecule has 0 fully saturated rings. The maximum Gasteiger partial charge on any atom is 0.227 e. The number of anilines is 1. The fourth-order valence-electron chi connectivity index (χ4n) is 3.00. The van der Waals surface area contributed by atoms with E-state index in [1.807, 2.05) is 18.2 Å². The van der Waals surface area contributed by atoms with Crippen LogP contribution in [0, 0.1) is 0 Å². The van der Waals surface area contributed by atoms with Gasteiger partial charge in [-0.25, -0.2) is 0 Å². The topological polar surface area (TPSA) is 74.7 Å². The number of nitrogens with zero attached hydrogens (tertiary/aromatic N) is 1. The molecule has 1 aromatic carbocycles. The van der Waals surface area contributed by atoms with Gasteiger partial charge in [0.05, 0.1) is 5.25 Å². The summed E-state index contributed by atoms with van der Waals surface area (Å²) < 4.78 is 0. The fourth-order valence-corrected chi connectivity index (χ4v) is 3.83. The molecule has 1 aliphatic heterocycles. The highest BCUT2D eigenvalue weighted by Crippen LogP contribution is 2.32. The molecule has 1 unspecified atom stereocenters. The molecular formula is C18H23NO4S. The number of fused-ring (bicyclic) bond motifs is 1. The van der Waals surface area contributed by atoms with Crippen LogP contribution in [0.1, 0.15) is 37.8 Å². The average Bonchev–Trinajstić information content (AvgIpc) is 2.53. The van der Waals surface area contributed by atoms with Crippen LogP contribution in [-0.2, 0) is 27.2 Å². The van der Waals surface area contributed by atoms with Gasteiger partial charge >= 0.3 is 0 Å². The highest BCUT2D eigenvalue weighted by Gasteiger charge is 2.27. The summed E-state index contributed by atoms with van der Waals surface area (Å²) in [5.41, 5.74) is 2.96. The first-order chi connectivity index (χ1) is 11.4. The quantitative estimate of drug-likeness (QED) is 0.816. The van der Waals surface area contributed by atoms with Gasteiger partial charge in [-0.05, 0) is 43.4 Å². The number of benzene rings is 1. The molecule has 1 atom stereocenters. The summed E-state index contributed by atoms with van der Waals surface area (Å²) in [6.45, 7) is 3.51. The Morgan fingerprint density at radius 2 is 2.04 bits per heavy atom. The van der Waals surface area contributed by atoms with E-state index in [9.17, 15) is 14.4 Å². The van der Waals surface area contributed by atoms with Gasteiger partial charge in [0.1, 0.15) is 5.78 Å². The van der Waals surface area contributed by atoms with Crippen molar-refractivity contribution in [3.8, 4) is 0 Å². The number of Topliss-reactive ketones (excluding diaryl/α,β-unsaturated/α-hetero) is 1. The van der Waals surface area contributed by atoms with Crippen molar-refractivity contribution in [1.29, 1.82) is 0 Å². The summed E-state index contributed by atoms with van der Waals surface area (Å²) in [4.78, 5) is 37.1. The van der Waals surface area contributed by atoms with Crippen molar-refractivity contribution in [2.75, 3.05) is 18.1 Å². The number of aliphatic hydroxyl groups excluding tert-OH is 1. The van der Waals surface area contributed by atoms with Crippen LogP contribution in [-0.4, -0.2) is 40.3 Å². The third-order valence-electron chi connectivity index (χ3n) is 4.14. The standard InChI is InChI=1S/C18H23NO4S/c1-12(21)17(24-13(2)22)11-14-5-3-6-16-15(14)7-8-18(23)19(16)9-4-10-20/h3,5-6,17,20H,4,7-11H2,1-2H3. The SMILES string of the molecule is CC(=O)SC(Cc1cccc2c1CCC(=O)N2CCCO)C(C)=O. The Morgan fingerprint density at radius 3 is 2.67 bits per heavy atom. The second-order valence-electron chi connectivity index (χ2n) is 5.95. The minimum atomic E-state index is -0.391. The molecule has 0 aromatic heterocycles. The molecule has 0 bridgehead atoms. The van der Waals surface area contributed by atoms with Crippen LogP contribution in [0.3, 0.4) is 0 Å². The number of thioether (sulfide) groups is 1. The maximum absolute atomic E-state index is 12.2. The predicted molar refractivity (Wildman–Crippen MR) is 95.3 cm³/mol. The largest absolute Gasteiger partial charge is 0.396 e. The van der Waals surface area contributed by atoms with Gasteiger partial charge < -0.3 is 10.0 Å². The van der Waals surface area contributed by atoms with Crippen molar-refractivity contribution in [2.24, 2.45) is 0 Å². The highest BCUT2D eigenvalue weighted by atomic mass is 32.2. The molecule has 0 aliphatic carbocycles. The Balaban J connectivity index is 2.30. The fraction of sp³-hybridized carbons (Fsp3) is 0.500. The van der Waals surface area contributed by atoms with Crippen LogP contribution in [0.5, 0.6) is 0 Å². The molecule has 0 spiro atoms. The van der Waals surface area contributed by atoms with Gasteiger partial charge in [0, 0.05) is 32.2 Å². The first kappa shape index (κ1) is 18.7. The Hall–Kier alpha value is -1.66. The Morgan fingerprint density at radius 1 is 1.29 bits per heavy atom. The van der Waals surface area contributed by atoms with Gasteiger partial charge in [0.15, 0.2) is 5.12 Å². The van der Waals surface area contributed by atoms with Crippen LogP contribution < -0.4 is 4.90 Å². The molecular weight excluding hydrogens is 326 g/mol. The molecule has 0 saturated heterocycles. The third kappa shape index (κ3) is 4.45. The number of amides is 1. The molecule has 1 aliphatic rings. The molecule has 2 rings (SSSR count). The van der Waals surface area contributed by atoms with E-state index < -0.39 is 5.25 Å². The van der Waals surface area contributed by atoms with E-state index in [0.717, 1.165) is 28.6 Å². The van der Waals surface area contributed by atoms with E-state index in [-0.39, 0.29) is 23.4 Å². The third-order valence-corrected chi connectivity index (χ3v) is 5.25. The molecule has 1 amide bonds. The lowest BCUT2D eigenvalue weighted by molar-refractivity contribution is -0.119. The number of carbonyl (C=O) groups excluding carboxylic acids is 3. The summed E-state index contributed by atoms with van der Waals surface area (Å²) in [5.74, 6) is 0.0474. The Labute approximate surface area is 146 Å². The summed E-state index contributed by atoms with van der Waals surface area (Å²) in [5, 5.41) is 8.58. The lowest BCUT2D eigenvalue weighted by Gasteiger charge is -2.31. The van der Waals surface area contributed by atoms with Gasteiger partial charge in [0.25, 0.3) is 0 Å². The van der Waals surface area contributed by atoms with Crippen molar-refractivity contribution >= 4 is 34.3 Å². The molecule has 5 nitrogen and oxygen atoms in total. The average molecular weight is 349 g/mol. The Bertz CT molecular complexity index is 644. The van der Waals surface area contributed by atoms with E-state index in [2.05, 4.69) is 0 Å². The van der Waals surface area contributed by atoms with Crippen molar-refractivity contribution in [3.05, 3.63) is 29.3 Å². The monoisotopic (exact) mass is 349 g/mol. The van der Waals surface area contributed by atoms with Crippen molar-refractivity contribution in [3.63, 3.8) is 0 Å². The van der Waals surface area contributed by atoms with E-state index >= 15 is 0 Å². The predicted octanol–water partition coefficient (Wildman–Crippen LogP) is 2.13. The van der Waals surface area contributed by atoms with Crippen LogP contribution in [0.15, 0.2) is 18.2 Å². The second-order valence-corrected chi connectivity index (χ2v) is 7.33. The van der Waals surface area contributed by atoms with Gasteiger partial charge in [-0.1, -0.05) is 23.9 Å². The first-order valence-corrected chi connectivity index (χ1v) is 9.01. The number of hydrogen-bond donors (Lipinski definition) is 1. The van der Waals surface area contributed by atoms with Crippen LogP contribution in [0.4, 0.5) is 5.69 Å². The number of rotatable bonds is 7. The molecule has 0 saturated carbocycles. The number of ketones is 1. The molecule has 1 N–H and O–H groups in total. The Kier molecular flexibility index (Phi) is 6.57. The lowest BCUT2D eigenvalue weighted by atomic mass is 9.92. The second kappa shape index (κ2) is 8.44. The number of carbonyl (C=O) groups is 3. The molecule has 1 aromatic rings. The summed E-state index contributed by atoms with van der Waals surface area (Å²) >= 11 is 1.07. The van der Waals surface area contributed by atoms with Crippen LogP contribution >= 0.6 is 11.8 Å². The van der Waals surface area contributed by atoms with Crippen LogP contribution in [0.25, 0.3) is 0 Å². The number of hydrogen-bond acceptors (Lipinski definition) is 5. The zero-order valence-electron chi connectivity index (χ0n) is 14.1. The highest BCUT2D eigenvalue weighted by molar-refractivity contribution is 8.14. The first-order valence-electron chi connectivity index (χ1n) is 8.13.